The number of aliphatic carboxylic acids is 3. The number of carbonyl (C=O) groups is 10. The van der Waals surface area contributed by atoms with Crippen LogP contribution in [0, 0.1) is 5.92 Å². The van der Waals surface area contributed by atoms with Gasteiger partial charge < -0.3 is 68.8 Å². The fourth-order valence-electron chi connectivity index (χ4n) is 4.76. The van der Waals surface area contributed by atoms with Crippen molar-refractivity contribution < 1.29 is 68.4 Å². The Morgan fingerprint density at radius 2 is 1.31 bits per heavy atom. The number of aliphatic hydroxyl groups is 1. The third-order valence-corrected chi connectivity index (χ3v) is 7.49. The Kier molecular flexibility index (Phi) is 19.4. The van der Waals surface area contributed by atoms with E-state index in [0.717, 1.165) is 6.92 Å². The van der Waals surface area contributed by atoms with Gasteiger partial charge in [0.05, 0.1) is 37.9 Å². The Labute approximate surface area is 313 Å². The number of carboxylic acids is 3. The molecule has 306 valence electrons. The predicted molar refractivity (Wildman–Crippen MR) is 185 cm³/mol. The summed E-state index contributed by atoms with van der Waals surface area (Å²) < 4.78 is 0. The minimum atomic E-state index is -1.94. The largest absolute Gasteiger partial charge is 0.481 e. The summed E-state index contributed by atoms with van der Waals surface area (Å²) in [5.41, 5.74) is 11.7. The Morgan fingerprint density at radius 3 is 1.82 bits per heavy atom. The quantitative estimate of drug-likeness (QED) is 0.0440. The summed E-state index contributed by atoms with van der Waals surface area (Å²) in [5, 5.41) is 50.8. The van der Waals surface area contributed by atoms with Gasteiger partial charge in [0, 0.05) is 24.7 Å². The lowest BCUT2D eigenvalue weighted by Gasteiger charge is -2.27. The van der Waals surface area contributed by atoms with Gasteiger partial charge in [-0.25, -0.2) is 9.78 Å². The van der Waals surface area contributed by atoms with E-state index in [1.807, 2.05) is 5.32 Å². The number of aromatic nitrogens is 2. The second-order valence-corrected chi connectivity index (χ2v) is 12.8. The molecule has 0 bridgehead atoms. The molecule has 55 heavy (non-hydrogen) atoms. The van der Waals surface area contributed by atoms with Crippen molar-refractivity contribution in [2.75, 3.05) is 6.54 Å². The van der Waals surface area contributed by atoms with Crippen molar-refractivity contribution in [2.45, 2.75) is 102 Å². The van der Waals surface area contributed by atoms with Crippen molar-refractivity contribution in [3.05, 3.63) is 18.2 Å². The number of amides is 7. The minimum Gasteiger partial charge on any atom is -0.481 e. The minimum absolute atomic E-state index is 0.0671. The normalized spacial score (nSPS) is 14.7. The molecule has 1 heterocycles. The molecule has 15 N–H and O–H groups in total. The SMILES string of the molecule is CC(C)C[C@H](NC(=O)[C@H](CC(N)=O)NC(=O)[C@@H](NC(=O)CNC(=O)[C@@H](N)Cc1cnc[nH]1)[C@@H](C)O)C(=O)N[C@@H](CCC(=O)O)C(=O)N[C@@H](CC(=O)O)C(=O)O. The number of aliphatic hydroxyl groups excluding tert-OH is 1. The number of nitrogens with two attached hydrogens (primary N) is 2. The fourth-order valence-corrected chi connectivity index (χ4v) is 4.76. The predicted octanol–water partition coefficient (Wildman–Crippen LogP) is -5.45. The molecule has 1 aromatic rings. The van der Waals surface area contributed by atoms with Crippen LogP contribution in [0.25, 0.3) is 0 Å². The van der Waals surface area contributed by atoms with E-state index in [9.17, 15) is 58.2 Å². The number of aromatic amines is 1. The standard InChI is InChI=1S/C31H48N10O14/c1-13(2)6-18(28(51)37-17(4-5-23(45)46)27(50)40-20(31(54)55)9-24(47)48)38-29(52)19(8-21(33)43)39-30(53)25(14(3)42)41-22(44)11-35-26(49)16(32)7-15-10-34-12-36-15/h10,12-14,16-20,25,42H,4-9,11,32H2,1-3H3,(H2,33,43)(H,34,36)(H,35,49)(H,37,51)(H,38,52)(H,39,53)(H,40,50)(H,41,44)(H,45,46)(H,47,48)(H,54,55)/t14-,16+,17+,18+,19+,20+,25+/m1/s1. The molecule has 24 heteroatoms. The van der Waals surface area contributed by atoms with Crippen LogP contribution < -0.4 is 43.4 Å². The van der Waals surface area contributed by atoms with Gasteiger partial charge in [0.1, 0.15) is 30.2 Å². The molecule has 0 radical (unpaired) electrons. The van der Waals surface area contributed by atoms with Gasteiger partial charge in [-0.15, -0.1) is 0 Å². The topological polar surface area (TPSA) is 405 Å². The van der Waals surface area contributed by atoms with Crippen LogP contribution in [0.1, 0.15) is 58.6 Å². The smallest absolute Gasteiger partial charge is 0.326 e. The molecule has 0 saturated carbocycles. The Morgan fingerprint density at radius 1 is 0.745 bits per heavy atom. The molecule has 0 unspecified atom stereocenters. The van der Waals surface area contributed by atoms with E-state index >= 15 is 0 Å². The summed E-state index contributed by atoms with van der Waals surface area (Å²) in [5.74, 6) is -12.5. The van der Waals surface area contributed by atoms with Crippen LogP contribution in [0.5, 0.6) is 0 Å². The highest BCUT2D eigenvalue weighted by Gasteiger charge is 2.35. The number of rotatable bonds is 25. The average molecular weight is 785 g/mol. The third kappa shape index (κ3) is 17.9. The van der Waals surface area contributed by atoms with Crippen LogP contribution in [0.3, 0.4) is 0 Å². The second-order valence-electron chi connectivity index (χ2n) is 12.8. The van der Waals surface area contributed by atoms with Gasteiger partial charge in [-0.1, -0.05) is 13.8 Å². The van der Waals surface area contributed by atoms with Crippen molar-refractivity contribution >= 4 is 59.3 Å². The first-order valence-corrected chi connectivity index (χ1v) is 16.7. The number of H-pyrrole nitrogens is 1. The number of nitrogens with zero attached hydrogens (tertiary/aromatic N) is 1. The highest BCUT2D eigenvalue weighted by atomic mass is 16.4. The Balaban J connectivity index is 3.13. The number of carbonyl (C=O) groups excluding carboxylic acids is 7. The molecule has 24 nitrogen and oxygen atoms in total. The van der Waals surface area contributed by atoms with Gasteiger partial charge in [0.25, 0.3) is 0 Å². The number of primary amides is 1. The van der Waals surface area contributed by atoms with Gasteiger partial charge in [0.2, 0.25) is 41.4 Å². The van der Waals surface area contributed by atoms with Crippen molar-refractivity contribution in [3.8, 4) is 0 Å². The summed E-state index contributed by atoms with van der Waals surface area (Å²) in [7, 11) is 0. The van der Waals surface area contributed by atoms with Crippen molar-refractivity contribution in [2.24, 2.45) is 17.4 Å². The van der Waals surface area contributed by atoms with Gasteiger partial charge in [-0.3, -0.25) is 43.2 Å². The maximum atomic E-state index is 13.4. The van der Waals surface area contributed by atoms with Crippen LogP contribution in [-0.2, 0) is 54.4 Å². The summed E-state index contributed by atoms with van der Waals surface area (Å²) >= 11 is 0. The Hall–Kier alpha value is -6.17. The average Bonchev–Trinajstić information content (AvgIpc) is 3.58. The van der Waals surface area contributed by atoms with E-state index in [1.54, 1.807) is 13.8 Å². The first-order chi connectivity index (χ1) is 25.6. The van der Waals surface area contributed by atoms with E-state index in [1.165, 1.54) is 12.5 Å². The van der Waals surface area contributed by atoms with E-state index < -0.39 is 134 Å². The number of carboxylic acid groups (broad SMARTS) is 3. The van der Waals surface area contributed by atoms with E-state index in [-0.39, 0.29) is 18.8 Å². The maximum absolute atomic E-state index is 13.4. The van der Waals surface area contributed by atoms with Crippen molar-refractivity contribution in [1.82, 2.24) is 41.9 Å². The zero-order valence-corrected chi connectivity index (χ0v) is 30.2. The molecule has 1 aromatic heterocycles. The van der Waals surface area contributed by atoms with Gasteiger partial charge >= 0.3 is 17.9 Å². The van der Waals surface area contributed by atoms with Crippen molar-refractivity contribution in [3.63, 3.8) is 0 Å². The first kappa shape index (κ1) is 46.9. The van der Waals surface area contributed by atoms with Crippen LogP contribution in [0.4, 0.5) is 0 Å². The first-order valence-electron chi connectivity index (χ1n) is 16.7. The molecule has 0 aromatic carbocycles. The van der Waals surface area contributed by atoms with Gasteiger partial charge in [-0.2, -0.15) is 0 Å². The molecule has 1 rings (SSSR count). The van der Waals surface area contributed by atoms with Gasteiger partial charge in [0.15, 0.2) is 0 Å². The third-order valence-electron chi connectivity index (χ3n) is 7.49. The summed E-state index contributed by atoms with van der Waals surface area (Å²) in [6, 6.07) is -9.80. The maximum Gasteiger partial charge on any atom is 0.326 e. The second kappa shape index (κ2) is 22.8. The zero-order valence-electron chi connectivity index (χ0n) is 30.2. The molecule has 0 spiro atoms. The summed E-state index contributed by atoms with van der Waals surface area (Å²) in [6.45, 7) is 3.72. The highest BCUT2D eigenvalue weighted by Crippen LogP contribution is 2.09. The number of imidazole rings is 1. The lowest BCUT2D eigenvalue weighted by Crippen LogP contribution is -2.61. The number of nitrogens with one attached hydrogen (secondary N) is 7. The molecule has 0 fully saturated rings. The van der Waals surface area contributed by atoms with E-state index in [2.05, 4.69) is 36.6 Å². The fraction of sp³-hybridized carbons (Fsp3) is 0.581. The van der Waals surface area contributed by atoms with Crippen LogP contribution in [-0.4, -0.2) is 139 Å². The molecule has 0 aliphatic heterocycles. The van der Waals surface area contributed by atoms with Crippen LogP contribution in [0.2, 0.25) is 0 Å². The monoisotopic (exact) mass is 784 g/mol. The number of hydrogen-bond donors (Lipinski definition) is 13. The Bertz CT molecular complexity index is 1550. The molecule has 0 saturated heterocycles. The van der Waals surface area contributed by atoms with Crippen LogP contribution in [0.15, 0.2) is 12.5 Å². The molecular weight excluding hydrogens is 736 g/mol. The zero-order chi connectivity index (χ0) is 42.0. The van der Waals surface area contributed by atoms with Crippen molar-refractivity contribution in [1.29, 1.82) is 0 Å². The molecule has 0 aliphatic rings. The lowest BCUT2D eigenvalue weighted by molar-refractivity contribution is -0.147. The van der Waals surface area contributed by atoms with Gasteiger partial charge in [-0.05, 0) is 25.7 Å². The van der Waals surface area contributed by atoms with E-state index in [4.69, 9.17) is 21.7 Å². The molecular formula is C31H48N10O14. The van der Waals surface area contributed by atoms with Crippen LogP contribution >= 0.6 is 0 Å². The summed E-state index contributed by atoms with van der Waals surface area (Å²) in [6.07, 6.45) is -2.00. The summed E-state index contributed by atoms with van der Waals surface area (Å²) in [4.78, 5) is 130. The lowest BCUT2D eigenvalue weighted by atomic mass is 10.0. The number of hydrogen-bond acceptors (Lipinski definition) is 13. The molecule has 0 aliphatic carbocycles. The molecule has 7 atom stereocenters. The highest BCUT2D eigenvalue weighted by molar-refractivity contribution is 5.98. The van der Waals surface area contributed by atoms with E-state index in [0.29, 0.717) is 5.69 Å². The molecule has 7 amide bonds.